The van der Waals surface area contributed by atoms with Crippen molar-refractivity contribution >= 4 is 33.6 Å². The predicted molar refractivity (Wildman–Crippen MR) is 150 cm³/mol. The van der Waals surface area contributed by atoms with Crippen LogP contribution in [-0.4, -0.2) is 49.9 Å². The van der Waals surface area contributed by atoms with Gasteiger partial charge in [-0.05, 0) is 30.8 Å². The number of benzene rings is 1. The van der Waals surface area contributed by atoms with Crippen molar-refractivity contribution in [3.05, 3.63) is 65.5 Å². The van der Waals surface area contributed by atoms with E-state index in [4.69, 9.17) is 9.47 Å². The van der Waals surface area contributed by atoms with Gasteiger partial charge in [-0.15, -0.1) is 0 Å². The number of hydrogen-bond acceptors (Lipinski definition) is 5. The van der Waals surface area contributed by atoms with Gasteiger partial charge in [-0.3, -0.25) is 0 Å². The summed E-state index contributed by atoms with van der Waals surface area (Å²) in [6.07, 6.45) is 3.70. The van der Waals surface area contributed by atoms with Crippen LogP contribution in [0.5, 0.6) is 11.5 Å². The van der Waals surface area contributed by atoms with E-state index in [2.05, 4.69) is 45.0 Å². The van der Waals surface area contributed by atoms with Crippen LogP contribution in [0.25, 0.3) is 11.0 Å². The maximum absolute atomic E-state index is 15.0. The molecule has 0 saturated heterocycles. The van der Waals surface area contributed by atoms with Crippen LogP contribution in [0, 0.1) is 18.6 Å². The molecule has 15 heteroatoms. The van der Waals surface area contributed by atoms with Crippen molar-refractivity contribution in [1.29, 1.82) is 0 Å². The molecule has 3 N–H and O–H groups in total. The third-order valence-corrected chi connectivity index (χ3v) is 8.21. The lowest BCUT2D eigenvalue weighted by atomic mass is 10.2. The number of amides is 2. The molecule has 226 valence electrons. The minimum atomic E-state index is -4.81. The molecule has 42 heavy (non-hydrogen) atoms. The van der Waals surface area contributed by atoms with E-state index in [1.165, 1.54) is 10.8 Å². The summed E-state index contributed by atoms with van der Waals surface area (Å²) in [5.41, 5.74) is -0.667. The molecule has 2 amide bonds. The third kappa shape index (κ3) is 7.50. The summed E-state index contributed by atoms with van der Waals surface area (Å²) in [5.74, 6) is -3.40. The Morgan fingerprint density at radius 3 is 2.52 bits per heavy atom. The first kappa shape index (κ1) is 31.1. The average molecular weight is 614 g/mol. The molecule has 1 atom stereocenters. The Hall–Kier alpha value is -3.85. The number of hydrogen-bond donors (Lipinski definition) is 3. The molecule has 3 heterocycles. The maximum atomic E-state index is 15.0. The number of ether oxygens (including phenoxy) is 2. The summed E-state index contributed by atoms with van der Waals surface area (Å²) < 4.78 is 84.1. The van der Waals surface area contributed by atoms with Crippen molar-refractivity contribution in [3.63, 3.8) is 0 Å². The first-order valence-corrected chi connectivity index (χ1v) is 14.8. The molecule has 4 rings (SSSR count). The largest absolute Gasteiger partial charge is 0.450 e. The Morgan fingerprint density at radius 2 is 1.90 bits per heavy atom. The fourth-order valence-corrected chi connectivity index (χ4v) is 4.54. The van der Waals surface area contributed by atoms with Crippen molar-refractivity contribution in [2.24, 2.45) is 0 Å². The lowest BCUT2D eigenvalue weighted by Crippen LogP contribution is -2.28. The van der Waals surface area contributed by atoms with E-state index in [-0.39, 0.29) is 35.5 Å². The molecule has 0 saturated carbocycles. The fraction of sp³-hybridized carbons (Fsp3) is 0.370. The van der Waals surface area contributed by atoms with E-state index in [0.29, 0.717) is 17.7 Å². The Bertz CT molecular complexity index is 1530. The van der Waals surface area contributed by atoms with Gasteiger partial charge >= 0.3 is 12.2 Å². The minimum Gasteiger partial charge on any atom is -0.450 e. The molecule has 0 fully saturated rings. The Kier molecular flexibility index (Phi) is 9.61. The topological polar surface area (TPSA) is 106 Å². The SMILES string of the molecule is Cc1cnc(CNC(=O)Nc2cc(F)c(Oc3ccnc4c3c(C(F)(F)F)cn4COCC[C@H](C)[S+](C)C)c(F)c2)[nH]1. The van der Waals surface area contributed by atoms with Crippen LogP contribution in [0.15, 0.2) is 36.8 Å². The molecule has 4 aromatic rings. The van der Waals surface area contributed by atoms with Crippen molar-refractivity contribution in [2.45, 2.75) is 45.0 Å². The molecule has 0 radical (unpaired) electrons. The highest BCUT2D eigenvalue weighted by atomic mass is 32.2. The van der Waals surface area contributed by atoms with Gasteiger partial charge in [0.15, 0.2) is 17.4 Å². The molecule has 9 nitrogen and oxygen atoms in total. The number of aromatic nitrogens is 4. The lowest BCUT2D eigenvalue weighted by molar-refractivity contribution is -0.136. The van der Waals surface area contributed by atoms with E-state index in [9.17, 15) is 26.7 Å². The fourth-order valence-electron chi connectivity index (χ4n) is 3.97. The highest BCUT2D eigenvalue weighted by molar-refractivity contribution is 7.96. The maximum Gasteiger partial charge on any atom is 0.418 e. The number of nitrogens with zero attached hydrogens (tertiary/aromatic N) is 3. The van der Waals surface area contributed by atoms with Crippen molar-refractivity contribution in [1.82, 2.24) is 24.8 Å². The number of urea groups is 1. The van der Waals surface area contributed by atoms with Gasteiger partial charge in [0, 0.05) is 48.5 Å². The van der Waals surface area contributed by atoms with E-state index in [1.807, 2.05) is 0 Å². The van der Waals surface area contributed by atoms with Gasteiger partial charge in [0.2, 0.25) is 0 Å². The Labute approximate surface area is 241 Å². The summed E-state index contributed by atoms with van der Waals surface area (Å²) in [5, 5.41) is 4.69. The van der Waals surface area contributed by atoms with E-state index in [0.717, 1.165) is 36.5 Å². The smallest absolute Gasteiger partial charge is 0.418 e. The van der Waals surface area contributed by atoms with Crippen LogP contribution in [0.3, 0.4) is 0 Å². The number of nitrogens with one attached hydrogen (secondary N) is 3. The number of H-pyrrole nitrogens is 1. The number of halogens is 5. The van der Waals surface area contributed by atoms with Gasteiger partial charge in [-0.25, -0.2) is 23.5 Å². The summed E-state index contributed by atoms with van der Waals surface area (Å²) in [6.45, 7) is 4.02. The number of alkyl halides is 3. The first-order chi connectivity index (χ1) is 19.8. The van der Waals surface area contributed by atoms with Crippen molar-refractivity contribution in [3.8, 4) is 11.5 Å². The number of pyridine rings is 1. The van der Waals surface area contributed by atoms with Gasteiger partial charge in [0.25, 0.3) is 0 Å². The Morgan fingerprint density at radius 1 is 1.19 bits per heavy atom. The zero-order chi connectivity index (χ0) is 30.6. The monoisotopic (exact) mass is 613 g/mol. The second-order valence-corrected chi connectivity index (χ2v) is 12.3. The normalized spacial score (nSPS) is 12.6. The number of rotatable bonds is 11. The number of aryl methyl sites for hydroxylation is 1. The van der Waals surface area contributed by atoms with Crippen molar-refractivity contribution < 1.29 is 36.2 Å². The Balaban J connectivity index is 1.53. The summed E-state index contributed by atoms with van der Waals surface area (Å²) >= 11 is 0. The molecular weight excluding hydrogens is 583 g/mol. The highest BCUT2D eigenvalue weighted by Gasteiger charge is 2.37. The molecule has 1 aromatic carbocycles. The minimum absolute atomic E-state index is 0.0352. The van der Waals surface area contributed by atoms with E-state index in [1.54, 1.807) is 13.1 Å². The van der Waals surface area contributed by atoms with E-state index < -0.39 is 46.3 Å². The van der Waals surface area contributed by atoms with Crippen LogP contribution in [-0.2, 0) is 35.1 Å². The van der Waals surface area contributed by atoms with Crippen LogP contribution in [0.2, 0.25) is 0 Å². The molecule has 0 aliphatic rings. The number of anilines is 1. The van der Waals surface area contributed by atoms with Gasteiger partial charge in [-0.1, -0.05) is 0 Å². The highest BCUT2D eigenvalue weighted by Crippen LogP contribution is 2.42. The van der Waals surface area contributed by atoms with E-state index >= 15 is 0 Å². The van der Waals surface area contributed by atoms with Crippen LogP contribution < -0.4 is 15.4 Å². The number of carbonyl (C=O) groups is 1. The average Bonchev–Trinajstić information content (AvgIpc) is 3.51. The zero-order valence-corrected chi connectivity index (χ0v) is 24.1. The third-order valence-electron chi connectivity index (χ3n) is 6.37. The zero-order valence-electron chi connectivity index (χ0n) is 23.2. The second-order valence-electron chi connectivity index (χ2n) is 9.73. The molecular formula is C27H30F5N6O3S+. The number of imidazole rings is 1. The molecule has 0 bridgehead atoms. The summed E-state index contributed by atoms with van der Waals surface area (Å²) in [4.78, 5) is 23.2. The van der Waals surface area contributed by atoms with Crippen LogP contribution >= 0.6 is 0 Å². The first-order valence-electron chi connectivity index (χ1n) is 12.7. The number of fused-ring (bicyclic) bond motifs is 1. The second kappa shape index (κ2) is 13.0. The molecule has 0 unspecified atom stereocenters. The van der Waals surface area contributed by atoms with Gasteiger partial charge < -0.3 is 29.7 Å². The standard InChI is InChI=1S/C27H29F5N6O3S/c1-15-11-34-22(36-15)12-35-26(39)37-17-9-19(28)24(20(29)10-17)41-21-5-7-33-25-23(21)18(27(30,31)32)13-38(25)14-40-8-6-16(2)42(3)4/h5,7,9-11,13,16H,6,8,12,14H2,1-4H3,(H2-,34,35,36,37,39)/p+1/t16-/m0/s1. The van der Waals surface area contributed by atoms with Crippen LogP contribution in [0.4, 0.5) is 32.4 Å². The molecule has 0 aliphatic heterocycles. The molecule has 0 aliphatic carbocycles. The van der Waals surface area contributed by atoms with Gasteiger partial charge in [0.05, 0.1) is 36.6 Å². The van der Waals surface area contributed by atoms with Gasteiger partial charge in [-0.2, -0.15) is 13.2 Å². The molecule has 0 spiro atoms. The predicted octanol–water partition coefficient (Wildman–Crippen LogP) is 6.11. The summed E-state index contributed by atoms with van der Waals surface area (Å²) in [7, 11) is 0.170. The molecule has 3 aromatic heterocycles. The number of aromatic amines is 1. The lowest BCUT2D eigenvalue weighted by Gasteiger charge is -2.13. The van der Waals surface area contributed by atoms with Crippen LogP contribution in [0.1, 0.15) is 30.4 Å². The van der Waals surface area contributed by atoms with Crippen molar-refractivity contribution in [2.75, 3.05) is 24.4 Å². The quantitative estimate of drug-likeness (QED) is 0.108. The number of carbonyl (C=O) groups excluding carboxylic acids is 1. The summed E-state index contributed by atoms with van der Waals surface area (Å²) in [6, 6.07) is 1.90. The van der Waals surface area contributed by atoms with Gasteiger partial charge in [0.1, 0.15) is 29.2 Å².